The lowest BCUT2D eigenvalue weighted by atomic mass is 9.99. The average Bonchev–Trinajstić information content (AvgIpc) is 3.32. The maximum Gasteiger partial charge on any atom is 0.248 e. The van der Waals surface area contributed by atoms with Gasteiger partial charge in [-0.15, -0.1) is 0 Å². The van der Waals surface area contributed by atoms with E-state index in [1.54, 1.807) is 12.3 Å². The molecule has 5 rings (SSSR count). The zero-order valence-electron chi connectivity index (χ0n) is 20.6. The molecule has 184 valence electrons. The predicted molar refractivity (Wildman–Crippen MR) is 145 cm³/mol. The third-order valence-corrected chi connectivity index (χ3v) is 6.34. The Morgan fingerprint density at radius 2 is 1.81 bits per heavy atom. The van der Waals surface area contributed by atoms with Crippen molar-refractivity contribution in [1.29, 1.82) is 0 Å². The van der Waals surface area contributed by atoms with Crippen molar-refractivity contribution in [3.63, 3.8) is 0 Å². The normalized spacial score (nSPS) is 14.2. The van der Waals surface area contributed by atoms with Gasteiger partial charge in [-0.25, -0.2) is 0 Å². The van der Waals surface area contributed by atoms with Crippen molar-refractivity contribution in [2.24, 2.45) is 0 Å². The second kappa shape index (κ2) is 10.7. The fourth-order valence-electron chi connectivity index (χ4n) is 4.51. The summed E-state index contributed by atoms with van der Waals surface area (Å²) >= 11 is 0. The summed E-state index contributed by atoms with van der Waals surface area (Å²) < 4.78 is 17.2. The van der Waals surface area contributed by atoms with Crippen LogP contribution in [0.5, 0.6) is 5.75 Å². The fourth-order valence-corrected chi connectivity index (χ4v) is 4.51. The molecule has 0 atom stereocenters. The van der Waals surface area contributed by atoms with Gasteiger partial charge in [0.05, 0.1) is 26.1 Å². The summed E-state index contributed by atoms with van der Waals surface area (Å²) in [6.07, 6.45) is 3.38. The average molecular weight is 483 g/mol. The van der Waals surface area contributed by atoms with Crippen LogP contribution in [-0.2, 0) is 9.53 Å². The van der Waals surface area contributed by atoms with Crippen molar-refractivity contribution < 1.29 is 18.7 Å². The third kappa shape index (κ3) is 5.14. The Kier molecular flexibility index (Phi) is 7.05. The number of rotatable bonds is 7. The molecule has 1 saturated heterocycles. The number of hydrogen-bond acceptors (Lipinski definition) is 5. The second-order valence-corrected chi connectivity index (χ2v) is 8.76. The zero-order chi connectivity index (χ0) is 24.9. The lowest BCUT2D eigenvalue weighted by Gasteiger charge is -2.28. The molecule has 1 amide bonds. The number of anilines is 2. The molecule has 0 saturated carbocycles. The molecule has 1 N–H and O–H groups in total. The van der Waals surface area contributed by atoms with Crippen LogP contribution < -0.4 is 15.0 Å². The molecule has 1 aliphatic heterocycles. The Hall–Kier alpha value is -4.03. The monoisotopic (exact) mass is 482 g/mol. The van der Waals surface area contributed by atoms with Crippen molar-refractivity contribution in [3.8, 4) is 16.9 Å². The van der Waals surface area contributed by atoms with Crippen molar-refractivity contribution in [2.75, 3.05) is 43.1 Å². The summed E-state index contributed by atoms with van der Waals surface area (Å²) in [6, 6.07) is 22.0. The Balaban J connectivity index is 1.39. The Bertz CT molecular complexity index is 1370. The smallest absolute Gasteiger partial charge is 0.248 e. The van der Waals surface area contributed by atoms with Crippen molar-refractivity contribution in [2.45, 2.75) is 13.8 Å². The summed E-state index contributed by atoms with van der Waals surface area (Å²) in [5, 5.41) is 3.95. The van der Waals surface area contributed by atoms with Crippen LogP contribution in [0.3, 0.4) is 0 Å². The minimum Gasteiger partial charge on any atom is -0.493 e. The predicted octanol–water partition coefficient (Wildman–Crippen LogP) is 6.38. The summed E-state index contributed by atoms with van der Waals surface area (Å²) in [5.41, 5.74) is 6.39. The molecular weight excluding hydrogens is 452 g/mol. The molecule has 1 aliphatic rings. The van der Waals surface area contributed by atoms with E-state index in [-0.39, 0.29) is 5.91 Å². The van der Waals surface area contributed by atoms with Gasteiger partial charge in [-0.2, -0.15) is 0 Å². The first-order chi connectivity index (χ1) is 17.6. The van der Waals surface area contributed by atoms with E-state index in [1.807, 2.05) is 68.4 Å². The van der Waals surface area contributed by atoms with Crippen LogP contribution in [-0.4, -0.2) is 38.8 Å². The van der Waals surface area contributed by atoms with Gasteiger partial charge in [0, 0.05) is 53.1 Å². The van der Waals surface area contributed by atoms with Gasteiger partial charge < -0.3 is 24.1 Å². The maximum absolute atomic E-state index is 12.9. The van der Waals surface area contributed by atoms with E-state index in [0.717, 1.165) is 70.9 Å². The summed E-state index contributed by atoms with van der Waals surface area (Å²) in [5.74, 6) is 0.500. The lowest BCUT2D eigenvalue weighted by molar-refractivity contribution is -0.111. The Morgan fingerprint density at radius 1 is 1.06 bits per heavy atom. The highest BCUT2D eigenvalue weighted by Crippen LogP contribution is 2.37. The van der Waals surface area contributed by atoms with Gasteiger partial charge in [-0.05, 0) is 55.3 Å². The number of morpholine rings is 1. The van der Waals surface area contributed by atoms with Gasteiger partial charge >= 0.3 is 0 Å². The number of nitrogens with one attached hydrogen (secondary N) is 1. The van der Waals surface area contributed by atoms with Crippen molar-refractivity contribution in [3.05, 3.63) is 84.6 Å². The van der Waals surface area contributed by atoms with Crippen LogP contribution in [0.2, 0.25) is 0 Å². The molecule has 4 aromatic rings. The highest BCUT2D eigenvalue weighted by atomic mass is 16.5. The van der Waals surface area contributed by atoms with Gasteiger partial charge in [0.25, 0.3) is 0 Å². The fraction of sp³-hybridized carbons (Fsp3) is 0.233. The standard InChI is InChI=1S/C30H30N2O4/c1-3-35-28-19-29-26(27(20-36-29)22-7-5-4-6-8-22)18-25(28)21(2)17-30(33)31-23-9-11-24(12-10-23)32-13-15-34-16-14-32/h4-12,17-20H,3,13-16H2,1-2H3,(H,31,33)/b21-17+. The van der Waals surface area contributed by atoms with E-state index < -0.39 is 0 Å². The number of fused-ring (bicyclic) bond motifs is 1. The highest BCUT2D eigenvalue weighted by Gasteiger charge is 2.16. The van der Waals surface area contributed by atoms with E-state index in [4.69, 9.17) is 13.9 Å². The minimum absolute atomic E-state index is 0.190. The van der Waals surface area contributed by atoms with Gasteiger partial charge in [0.1, 0.15) is 11.3 Å². The van der Waals surface area contributed by atoms with Crippen LogP contribution in [0.25, 0.3) is 27.7 Å². The van der Waals surface area contributed by atoms with Crippen molar-refractivity contribution >= 4 is 33.8 Å². The topological polar surface area (TPSA) is 63.9 Å². The molecule has 0 aliphatic carbocycles. The molecular formula is C30H30N2O4. The lowest BCUT2D eigenvalue weighted by Crippen LogP contribution is -2.36. The molecule has 0 unspecified atom stereocenters. The van der Waals surface area contributed by atoms with Crippen LogP contribution >= 0.6 is 0 Å². The number of carbonyl (C=O) groups is 1. The molecule has 1 fully saturated rings. The van der Waals surface area contributed by atoms with Gasteiger partial charge in [0.2, 0.25) is 5.91 Å². The quantitative estimate of drug-likeness (QED) is 0.310. The van der Waals surface area contributed by atoms with Crippen LogP contribution in [0.1, 0.15) is 19.4 Å². The maximum atomic E-state index is 12.9. The first-order valence-electron chi connectivity index (χ1n) is 12.3. The molecule has 36 heavy (non-hydrogen) atoms. The van der Waals surface area contributed by atoms with Gasteiger partial charge in [0.15, 0.2) is 0 Å². The van der Waals surface area contributed by atoms with E-state index in [1.165, 1.54) is 0 Å². The van der Waals surface area contributed by atoms with E-state index in [2.05, 4.69) is 22.3 Å². The molecule has 0 radical (unpaired) electrons. The highest BCUT2D eigenvalue weighted by molar-refractivity contribution is 6.05. The Morgan fingerprint density at radius 3 is 2.53 bits per heavy atom. The molecule has 2 heterocycles. The zero-order valence-corrected chi connectivity index (χ0v) is 20.6. The largest absolute Gasteiger partial charge is 0.493 e. The van der Waals surface area contributed by atoms with Crippen LogP contribution in [0.4, 0.5) is 11.4 Å². The first-order valence-corrected chi connectivity index (χ1v) is 12.3. The molecule has 6 heteroatoms. The number of hydrogen-bond donors (Lipinski definition) is 1. The molecule has 1 aromatic heterocycles. The number of furan rings is 1. The molecule has 3 aromatic carbocycles. The number of benzene rings is 3. The number of ether oxygens (including phenoxy) is 2. The number of carbonyl (C=O) groups excluding carboxylic acids is 1. The molecule has 0 bridgehead atoms. The number of nitrogens with zero attached hydrogens (tertiary/aromatic N) is 1. The van der Waals surface area contributed by atoms with E-state index in [9.17, 15) is 4.79 Å². The summed E-state index contributed by atoms with van der Waals surface area (Å²) in [6.45, 7) is 7.61. The molecule has 0 spiro atoms. The Labute approximate surface area is 211 Å². The van der Waals surface area contributed by atoms with Gasteiger partial charge in [-0.3, -0.25) is 4.79 Å². The second-order valence-electron chi connectivity index (χ2n) is 8.76. The minimum atomic E-state index is -0.190. The van der Waals surface area contributed by atoms with Crippen LogP contribution in [0, 0.1) is 0 Å². The van der Waals surface area contributed by atoms with Crippen LogP contribution in [0.15, 0.2) is 83.5 Å². The molecule has 6 nitrogen and oxygen atoms in total. The van der Waals surface area contributed by atoms with E-state index >= 15 is 0 Å². The van der Waals surface area contributed by atoms with Gasteiger partial charge in [-0.1, -0.05) is 30.3 Å². The number of allylic oxidation sites excluding steroid dienone is 1. The summed E-state index contributed by atoms with van der Waals surface area (Å²) in [4.78, 5) is 15.2. The van der Waals surface area contributed by atoms with E-state index in [0.29, 0.717) is 12.4 Å². The number of amides is 1. The van der Waals surface area contributed by atoms with Crippen molar-refractivity contribution in [1.82, 2.24) is 0 Å². The SMILES string of the molecule is CCOc1cc2occ(-c3ccccc3)c2cc1/C(C)=C/C(=O)Nc1ccc(N2CCOCC2)cc1. The first kappa shape index (κ1) is 23.7. The third-order valence-electron chi connectivity index (χ3n) is 6.34. The summed E-state index contributed by atoms with van der Waals surface area (Å²) in [7, 11) is 0.